The van der Waals surface area contributed by atoms with Crippen molar-refractivity contribution in [2.45, 2.75) is 37.6 Å². The molecule has 4 rings (SSSR count). The fourth-order valence-electron chi connectivity index (χ4n) is 5.05. The number of carbonyl (C=O) groups excluding carboxylic acids is 3. The molecule has 0 spiro atoms. The molecule has 146 valence electrons. The second-order valence-corrected chi connectivity index (χ2v) is 7.85. The fraction of sp³-hybridized carbons (Fsp3) is 0.474. The normalized spacial score (nSPS) is 36.6. The van der Waals surface area contributed by atoms with Crippen LogP contribution in [0.5, 0.6) is 0 Å². The van der Waals surface area contributed by atoms with Crippen LogP contribution in [0.3, 0.4) is 0 Å². The Kier molecular flexibility index (Phi) is 3.60. The number of hydrogen-bond donors (Lipinski definition) is 0. The Morgan fingerprint density at radius 1 is 1.25 bits per heavy atom. The van der Waals surface area contributed by atoms with Crippen LogP contribution in [0.1, 0.15) is 31.4 Å². The highest BCUT2D eigenvalue weighted by atomic mass is 19.4. The molecular weight excluding hydrogens is 377 g/mol. The van der Waals surface area contributed by atoms with Gasteiger partial charge in [-0.2, -0.15) is 18.4 Å². The van der Waals surface area contributed by atoms with E-state index < -0.39 is 58.1 Å². The lowest BCUT2D eigenvalue weighted by Crippen LogP contribution is -2.46. The standard InChI is InChI=1S/C19H15F3N2O4/c1-17-6-10(8-25)18(2,28-17)14-13(17)15(26)24(16(14)27)11-4-3-9(7-23)12(5-11)19(20,21)22/h3-5,8,10,13-14H,6H2,1-2H3/t10-,13?,14?,17-,18+/m0/s1. The number of rotatable bonds is 2. The maximum Gasteiger partial charge on any atom is 0.417 e. The van der Waals surface area contributed by atoms with Crippen LogP contribution < -0.4 is 4.90 Å². The highest BCUT2D eigenvalue weighted by molar-refractivity contribution is 6.23. The Morgan fingerprint density at radius 3 is 2.46 bits per heavy atom. The van der Waals surface area contributed by atoms with Gasteiger partial charge in [0.1, 0.15) is 6.29 Å². The van der Waals surface area contributed by atoms with E-state index in [0.29, 0.717) is 12.4 Å². The quantitative estimate of drug-likeness (QED) is 0.570. The lowest BCUT2D eigenvalue weighted by molar-refractivity contribution is -0.138. The molecule has 0 aromatic heterocycles. The number of aldehydes is 1. The van der Waals surface area contributed by atoms with Crippen LogP contribution in [0.15, 0.2) is 18.2 Å². The summed E-state index contributed by atoms with van der Waals surface area (Å²) in [5.41, 5.74) is -4.27. The molecule has 28 heavy (non-hydrogen) atoms. The molecule has 0 N–H and O–H groups in total. The topological polar surface area (TPSA) is 87.5 Å². The summed E-state index contributed by atoms with van der Waals surface area (Å²) >= 11 is 0. The molecule has 2 unspecified atom stereocenters. The number of imide groups is 1. The zero-order valence-corrected chi connectivity index (χ0v) is 14.9. The van der Waals surface area contributed by atoms with Crippen molar-refractivity contribution in [2.24, 2.45) is 17.8 Å². The Balaban J connectivity index is 1.81. The molecule has 3 fully saturated rings. The van der Waals surface area contributed by atoms with Crippen molar-refractivity contribution in [2.75, 3.05) is 4.90 Å². The summed E-state index contributed by atoms with van der Waals surface area (Å²) in [5.74, 6) is -3.73. The third-order valence-corrected chi connectivity index (χ3v) is 6.25. The third kappa shape index (κ3) is 2.15. The molecule has 2 bridgehead atoms. The number of alkyl halides is 3. The number of nitriles is 1. The molecule has 1 aromatic rings. The van der Waals surface area contributed by atoms with Crippen LogP contribution in [-0.2, 0) is 25.3 Å². The van der Waals surface area contributed by atoms with Gasteiger partial charge >= 0.3 is 6.18 Å². The highest BCUT2D eigenvalue weighted by Gasteiger charge is 2.75. The smallest absolute Gasteiger partial charge is 0.367 e. The van der Waals surface area contributed by atoms with Crippen LogP contribution in [0.4, 0.5) is 18.9 Å². The number of anilines is 1. The zero-order chi connectivity index (χ0) is 20.6. The van der Waals surface area contributed by atoms with Crippen molar-refractivity contribution in [1.82, 2.24) is 0 Å². The van der Waals surface area contributed by atoms with E-state index in [9.17, 15) is 27.6 Å². The Bertz CT molecular complexity index is 969. The van der Waals surface area contributed by atoms with Gasteiger partial charge < -0.3 is 9.53 Å². The fourth-order valence-corrected chi connectivity index (χ4v) is 5.05. The number of fused-ring (bicyclic) bond motifs is 5. The Labute approximate surface area is 157 Å². The second-order valence-electron chi connectivity index (χ2n) is 7.85. The Hall–Kier alpha value is -2.73. The number of ether oxygens (including phenoxy) is 1. The summed E-state index contributed by atoms with van der Waals surface area (Å²) in [6, 6.07) is 4.19. The predicted octanol–water partition coefficient (Wildman–Crippen LogP) is 2.45. The van der Waals surface area contributed by atoms with Crippen LogP contribution in [0.25, 0.3) is 0 Å². The largest absolute Gasteiger partial charge is 0.417 e. The molecule has 5 atom stereocenters. The number of nitrogens with zero attached hydrogens (tertiary/aromatic N) is 2. The minimum atomic E-state index is -4.81. The van der Waals surface area contributed by atoms with Crippen LogP contribution in [0, 0.1) is 29.1 Å². The van der Waals surface area contributed by atoms with Crippen LogP contribution in [0.2, 0.25) is 0 Å². The minimum Gasteiger partial charge on any atom is -0.367 e. The van der Waals surface area contributed by atoms with Crippen molar-refractivity contribution in [1.29, 1.82) is 5.26 Å². The van der Waals surface area contributed by atoms with Crippen molar-refractivity contribution >= 4 is 23.8 Å². The molecule has 0 saturated carbocycles. The number of benzene rings is 1. The van der Waals surface area contributed by atoms with E-state index in [-0.39, 0.29) is 12.1 Å². The molecular formula is C19H15F3N2O4. The predicted molar refractivity (Wildman–Crippen MR) is 87.7 cm³/mol. The molecule has 3 saturated heterocycles. The average molecular weight is 392 g/mol. The second kappa shape index (κ2) is 5.41. The van der Waals surface area contributed by atoms with Gasteiger partial charge in [-0.1, -0.05) is 0 Å². The van der Waals surface area contributed by atoms with E-state index in [1.54, 1.807) is 13.8 Å². The summed E-state index contributed by atoms with van der Waals surface area (Å²) in [5, 5.41) is 8.93. The average Bonchev–Trinajstić information content (AvgIpc) is 3.14. The van der Waals surface area contributed by atoms with Crippen LogP contribution >= 0.6 is 0 Å². The minimum absolute atomic E-state index is 0.245. The zero-order valence-electron chi connectivity index (χ0n) is 14.9. The van der Waals surface area contributed by atoms with Gasteiger partial charge in [-0.15, -0.1) is 0 Å². The molecule has 3 aliphatic heterocycles. The first-order chi connectivity index (χ1) is 13.0. The molecule has 2 amide bonds. The van der Waals surface area contributed by atoms with E-state index in [1.807, 2.05) is 0 Å². The first kappa shape index (κ1) is 18.6. The Morgan fingerprint density at radius 2 is 1.89 bits per heavy atom. The molecule has 3 heterocycles. The number of halogens is 3. The summed E-state index contributed by atoms with van der Waals surface area (Å²) in [6.45, 7) is 3.24. The van der Waals surface area contributed by atoms with E-state index in [0.717, 1.165) is 17.0 Å². The number of amides is 2. The highest BCUT2D eigenvalue weighted by Crippen LogP contribution is 2.62. The van der Waals surface area contributed by atoms with Gasteiger partial charge in [-0.25, -0.2) is 4.90 Å². The van der Waals surface area contributed by atoms with Crippen molar-refractivity contribution in [3.05, 3.63) is 29.3 Å². The SMILES string of the molecule is C[C@@]12O[C@@](C)(C[C@H]1C=O)C1C(=O)N(c3ccc(C#N)c(C(F)(F)F)c3)C(=O)C12. The van der Waals surface area contributed by atoms with Crippen molar-refractivity contribution < 1.29 is 32.3 Å². The van der Waals surface area contributed by atoms with E-state index in [2.05, 4.69) is 0 Å². The molecule has 0 radical (unpaired) electrons. The summed E-state index contributed by atoms with van der Waals surface area (Å²) in [7, 11) is 0. The maximum absolute atomic E-state index is 13.3. The molecule has 9 heteroatoms. The van der Waals surface area contributed by atoms with Crippen LogP contribution in [-0.4, -0.2) is 29.3 Å². The number of carbonyl (C=O) groups is 3. The lowest BCUT2D eigenvalue weighted by Gasteiger charge is -2.32. The van der Waals surface area contributed by atoms with Gasteiger partial charge in [0, 0.05) is 5.92 Å². The number of hydrogen-bond acceptors (Lipinski definition) is 5. The first-order valence-corrected chi connectivity index (χ1v) is 8.62. The van der Waals surface area contributed by atoms with Gasteiger partial charge in [0.05, 0.1) is 45.9 Å². The van der Waals surface area contributed by atoms with Gasteiger partial charge in [-0.05, 0) is 38.5 Å². The summed E-state index contributed by atoms with van der Waals surface area (Å²) in [4.78, 5) is 38.3. The maximum atomic E-state index is 13.3. The van der Waals surface area contributed by atoms with Gasteiger partial charge in [0.25, 0.3) is 0 Å². The molecule has 3 aliphatic rings. The van der Waals surface area contributed by atoms with Gasteiger partial charge in [0.15, 0.2) is 0 Å². The van der Waals surface area contributed by atoms with E-state index >= 15 is 0 Å². The van der Waals surface area contributed by atoms with Gasteiger partial charge in [-0.3, -0.25) is 9.59 Å². The first-order valence-electron chi connectivity index (χ1n) is 8.62. The summed E-state index contributed by atoms with van der Waals surface area (Å²) < 4.78 is 45.8. The molecule has 0 aliphatic carbocycles. The monoisotopic (exact) mass is 392 g/mol. The third-order valence-electron chi connectivity index (χ3n) is 6.25. The van der Waals surface area contributed by atoms with Crippen molar-refractivity contribution in [3.8, 4) is 6.07 Å². The van der Waals surface area contributed by atoms with Crippen molar-refractivity contribution in [3.63, 3.8) is 0 Å². The van der Waals surface area contributed by atoms with E-state index in [1.165, 1.54) is 6.07 Å². The van der Waals surface area contributed by atoms with E-state index in [4.69, 9.17) is 10.00 Å². The lowest BCUT2D eigenvalue weighted by atomic mass is 9.64. The molecule has 1 aromatic carbocycles. The molecule has 6 nitrogen and oxygen atoms in total. The summed E-state index contributed by atoms with van der Waals surface area (Å²) in [6.07, 6.45) is -3.85. The van der Waals surface area contributed by atoms with Gasteiger partial charge in [0.2, 0.25) is 11.8 Å².